The standard InChI is InChI=1S/C9H16O/c1-8(7-10)9-5-3-2-4-6-9/h7,9-10H,2-6H2,1H3. The summed E-state index contributed by atoms with van der Waals surface area (Å²) >= 11 is 0. The van der Waals surface area contributed by atoms with E-state index in [1.54, 1.807) is 0 Å². The van der Waals surface area contributed by atoms with Gasteiger partial charge in [-0.3, -0.25) is 0 Å². The summed E-state index contributed by atoms with van der Waals surface area (Å²) < 4.78 is 0. The molecular weight excluding hydrogens is 124 g/mol. The van der Waals surface area contributed by atoms with Crippen LogP contribution in [0.2, 0.25) is 0 Å². The zero-order valence-corrected chi connectivity index (χ0v) is 6.64. The highest BCUT2D eigenvalue weighted by Crippen LogP contribution is 2.28. The molecule has 1 N–H and O–H groups in total. The molecule has 0 aromatic carbocycles. The number of aliphatic hydroxyl groups excluding tert-OH is 1. The van der Waals surface area contributed by atoms with Crippen molar-refractivity contribution in [1.82, 2.24) is 0 Å². The zero-order valence-electron chi connectivity index (χ0n) is 6.64. The predicted molar refractivity (Wildman–Crippen MR) is 43.0 cm³/mol. The monoisotopic (exact) mass is 140 g/mol. The lowest BCUT2D eigenvalue weighted by molar-refractivity contribution is 0.383. The highest BCUT2D eigenvalue weighted by atomic mass is 16.2. The Morgan fingerprint density at radius 3 is 2.40 bits per heavy atom. The summed E-state index contributed by atoms with van der Waals surface area (Å²) in [4.78, 5) is 0. The molecule has 1 saturated carbocycles. The Kier molecular flexibility index (Phi) is 2.79. The maximum Gasteiger partial charge on any atom is 0.0783 e. The fourth-order valence-electron chi connectivity index (χ4n) is 1.66. The number of hydrogen-bond acceptors (Lipinski definition) is 1. The molecule has 58 valence electrons. The molecule has 0 heterocycles. The maximum atomic E-state index is 8.72. The van der Waals surface area contributed by atoms with Gasteiger partial charge in [0.05, 0.1) is 6.26 Å². The lowest BCUT2D eigenvalue weighted by Gasteiger charge is -2.21. The summed E-state index contributed by atoms with van der Waals surface area (Å²) in [6.45, 7) is 2.02. The van der Waals surface area contributed by atoms with Crippen LogP contribution < -0.4 is 0 Å². The third kappa shape index (κ3) is 1.76. The first-order valence-corrected chi connectivity index (χ1v) is 4.15. The molecule has 1 heteroatoms. The van der Waals surface area contributed by atoms with E-state index in [4.69, 9.17) is 5.11 Å². The topological polar surface area (TPSA) is 20.2 Å². The number of rotatable bonds is 1. The largest absolute Gasteiger partial charge is 0.516 e. The minimum Gasteiger partial charge on any atom is -0.516 e. The zero-order chi connectivity index (χ0) is 7.40. The minimum absolute atomic E-state index is 0.679. The second kappa shape index (κ2) is 3.65. The predicted octanol–water partition coefficient (Wildman–Crippen LogP) is 3.03. The van der Waals surface area contributed by atoms with Crippen molar-refractivity contribution in [2.75, 3.05) is 0 Å². The molecule has 1 aliphatic carbocycles. The second-order valence-corrected chi connectivity index (χ2v) is 3.21. The first kappa shape index (κ1) is 7.64. The van der Waals surface area contributed by atoms with Gasteiger partial charge in [0.25, 0.3) is 0 Å². The molecule has 0 aromatic heterocycles. The van der Waals surface area contributed by atoms with E-state index < -0.39 is 0 Å². The SMILES string of the molecule is CC(=CO)C1CCCCC1. The summed E-state index contributed by atoms with van der Waals surface area (Å²) in [5, 5.41) is 8.72. The minimum atomic E-state index is 0.679. The van der Waals surface area contributed by atoms with Gasteiger partial charge < -0.3 is 5.11 Å². The number of allylic oxidation sites excluding steroid dienone is 1. The van der Waals surface area contributed by atoms with Gasteiger partial charge in [-0.15, -0.1) is 0 Å². The van der Waals surface area contributed by atoms with Crippen molar-refractivity contribution in [3.8, 4) is 0 Å². The Labute approximate surface area is 62.8 Å². The van der Waals surface area contributed by atoms with Crippen LogP contribution in [0.3, 0.4) is 0 Å². The van der Waals surface area contributed by atoms with Crippen molar-refractivity contribution in [2.24, 2.45) is 5.92 Å². The average molecular weight is 140 g/mol. The summed E-state index contributed by atoms with van der Waals surface area (Å²) in [7, 11) is 0. The van der Waals surface area contributed by atoms with Crippen LogP contribution in [-0.2, 0) is 0 Å². The van der Waals surface area contributed by atoms with Crippen molar-refractivity contribution >= 4 is 0 Å². The summed E-state index contributed by atoms with van der Waals surface area (Å²) in [6, 6.07) is 0. The molecule has 0 saturated heterocycles. The quantitative estimate of drug-likeness (QED) is 0.555. The molecule has 0 unspecified atom stereocenters. The Morgan fingerprint density at radius 2 is 1.90 bits per heavy atom. The van der Waals surface area contributed by atoms with Crippen LogP contribution >= 0.6 is 0 Å². The third-order valence-corrected chi connectivity index (χ3v) is 2.45. The van der Waals surface area contributed by atoms with E-state index in [-0.39, 0.29) is 0 Å². The second-order valence-electron chi connectivity index (χ2n) is 3.21. The summed E-state index contributed by atoms with van der Waals surface area (Å²) in [5.41, 5.74) is 1.17. The molecule has 0 atom stereocenters. The lowest BCUT2D eigenvalue weighted by Crippen LogP contribution is -2.07. The first-order chi connectivity index (χ1) is 4.84. The summed E-state index contributed by atoms with van der Waals surface area (Å²) in [6.07, 6.45) is 7.91. The van der Waals surface area contributed by atoms with Crippen molar-refractivity contribution in [1.29, 1.82) is 0 Å². The van der Waals surface area contributed by atoms with Crippen LogP contribution in [0.4, 0.5) is 0 Å². The molecule has 0 amide bonds. The van der Waals surface area contributed by atoms with Gasteiger partial charge in [0.1, 0.15) is 0 Å². The van der Waals surface area contributed by atoms with E-state index in [0.717, 1.165) is 0 Å². The van der Waals surface area contributed by atoms with Crippen molar-refractivity contribution in [3.05, 3.63) is 11.8 Å². The Hall–Kier alpha value is -0.460. The van der Waals surface area contributed by atoms with Gasteiger partial charge in [-0.1, -0.05) is 19.3 Å². The molecule has 0 radical (unpaired) electrons. The number of aliphatic hydroxyl groups is 1. The highest BCUT2D eigenvalue weighted by Gasteiger charge is 2.14. The van der Waals surface area contributed by atoms with Gasteiger partial charge in [-0.25, -0.2) is 0 Å². The first-order valence-electron chi connectivity index (χ1n) is 4.15. The maximum absolute atomic E-state index is 8.72. The molecule has 1 fully saturated rings. The Bertz CT molecular complexity index is 121. The smallest absolute Gasteiger partial charge is 0.0783 e. The van der Waals surface area contributed by atoms with Gasteiger partial charge in [0, 0.05) is 0 Å². The Morgan fingerprint density at radius 1 is 1.30 bits per heavy atom. The van der Waals surface area contributed by atoms with Gasteiger partial charge >= 0.3 is 0 Å². The van der Waals surface area contributed by atoms with Crippen LogP contribution in [-0.4, -0.2) is 5.11 Å². The van der Waals surface area contributed by atoms with Crippen molar-refractivity contribution < 1.29 is 5.11 Å². The molecule has 0 spiro atoms. The third-order valence-electron chi connectivity index (χ3n) is 2.45. The van der Waals surface area contributed by atoms with Crippen LogP contribution in [0.25, 0.3) is 0 Å². The molecule has 0 bridgehead atoms. The Balaban J connectivity index is 2.39. The van der Waals surface area contributed by atoms with Crippen LogP contribution in [0.15, 0.2) is 11.8 Å². The normalized spacial score (nSPS) is 23.1. The lowest BCUT2D eigenvalue weighted by atomic mass is 9.85. The van der Waals surface area contributed by atoms with Gasteiger partial charge in [-0.2, -0.15) is 0 Å². The van der Waals surface area contributed by atoms with E-state index in [1.165, 1.54) is 43.9 Å². The highest BCUT2D eigenvalue weighted by molar-refractivity contribution is 4.99. The van der Waals surface area contributed by atoms with Crippen molar-refractivity contribution in [2.45, 2.75) is 39.0 Å². The van der Waals surface area contributed by atoms with Crippen LogP contribution in [0.1, 0.15) is 39.0 Å². The average Bonchev–Trinajstić information content (AvgIpc) is 2.05. The van der Waals surface area contributed by atoms with E-state index in [2.05, 4.69) is 0 Å². The molecule has 1 nitrogen and oxygen atoms in total. The molecule has 0 aliphatic heterocycles. The molecule has 10 heavy (non-hydrogen) atoms. The fraction of sp³-hybridized carbons (Fsp3) is 0.778. The summed E-state index contributed by atoms with van der Waals surface area (Å²) in [5.74, 6) is 0.679. The van der Waals surface area contributed by atoms with E-state index in [9.17, 15) is 0 Å². The molecule has 1 aliphatic rings. The van der Waals surface area contributed by atoms with E-state index in [1.807, 2.05) is 6.92 Å². The molecular formula is C9H16O. The fourth-order valence-corrected chi connectivity index (χ4v) is 1.66. The van der Waals surface area contributed by atoms with Crippen LogP contribution in [0.5, 0.6) is 0 Å². The van der Waals surface area contributed by atoms with Gasteiger partial charge in [-0.05, 0) is 31.3 Å². The van der Waals surface area contributed by atoms with Gasteiger partial charge in [0.2, 0.25) is 0 Å². The van der Waals surface area contributed by atoms with E-state index in [0.29, 0.717) is 5.92 Å². The molecule has 1 rings (SSSR count). The van der Waals surface area contributed by atoms with Gasteiger partial charge in [0.15, 0.2) is 0 Å². The van der Waals surface area contributed by atoms with E-state index >= 15 is 0 Å². The number of hydrogen-bond donors (Lipinski definition) is 1. The van der Waals surface area contributed by atoms with Crippen LogP contribution in [0, 0.1) is 5.92 Å². The molecule has 0 aromatic rings. The van der Waals surface area contributed by atoms with Crippen molar-refractivity contribution in [3.63, 3.8) is 0 Å².